The lowest BCUT2D eigenvalue weighted by molar-refractivity contribution is 0.351. The van der Waals surface area contributed by atoms with Crippen LogP contribution in [-0.2, 0) is 0 Å². The summed E-state index contributed by atoms with van der Waals surface area (Å²) >= 11 is 0. The summed E-state index contributed by atoms with van der Waals surface area (Å²) in [7, 11) is 0. The van der Waals surface area contributed by atoms with E-state index < -0.39 is 34.8 Å². The van der Waals surface area contributed by atoms with E-state index in [1.807, 2.05) is 6.92 Å². The van der Waals surface area contributed by atoms with Crippen molar-refractivity contribution in [2.45, 2.75) is 38.6 Å². The van der Waals surface area contributed by atoms with Gasteiger partial charge >= 0.3 is 0 Å². The molecule has 0 radical (unpaired) electrons. The summed E-state index contributed by atoms with van der Waals surface area (Å²) in [5, 5.41) is 2.46. The molecule has 0 aliphatic heterocycles. The third-order valence-electron chi connectivity index (χ3n) is 3.49. The summed E-state index contributed by atoms with van der Waals surface area (Å²) in [4.78, 5) is 0. The van der Waals surface area contributed by atoms with E-state index in [1.54, 1.807) is 0 Å². The first-order chi connectivity index (χ1) is 8.91. The van der Waals surface area contributed by atoms with Crippen molar-refractivity contribution in [3.8, 4) is 0 Å². The summed E-state index contributed by atoms with van der Waals surface area (Å²) in [6.07, 6.45) is 3.19. The molecule has 0 heterocycles. The molecule has 0 amide bonds. The number of anilines is 1. The van der Waals surface area contributed by atoms with Crippen LogP contribution in [0.3, 0.4) is 0 Å². The Balaban J connectivity index is 2.30. The first-order valence-electron chi connectivity index (χ1n) is 6.19. The summed E-state index contributed by atoms with van der Waals surface area (Å²) < 4.78 is 65.9. The van der Waals surface area contributed by atoms with Gasteiger partial charge < -0.3 is 5.32 Å². The molecule has 1 saturated carbocycles. The molecule has 1 aliphatic rings. The second kappa shape index (κ2) is 5.35. The Morgan fingerprint density at radius 3 is 1.89 bits per heavy atom. The molecule has 1 N–H and O–H groups in total. The van der Waals surface area contributed by atoms with E-state index in [-0.39, 0.29) is 6.04 Å². The van der Waals surface area contributed by atoms with E-state index in [9.17, 15) is 22.0 Å². The number of benzene rings is 1. The molecule has 0 saturated heterocycles. The molecule has 6 heteroatoms. The van der Waals surface area contributed by atoms with Crippen LogP contribution in [0.25, 0.3) is 0 Å². The van der Waals surface area contributed by atoms with Gasteiger partial charge in [-0.2, -0.15) is 0 Å². The first-order valence-corrected chi connectivity index (χ1v) is 6.19. The topological polar surface area (TPSA) is 12.0 Å². The second-order valence-electron chi connectivity index (χ2n) is 5.06. The van der Waals surface area contributed by atoms with Crippen LogP contribution in [0, 0.1) is 35.0 Å². The van der Waals surface area contributed by atoms with Gasteiger partial charge in [-0.05, 0) is 18.8 Å². The average Bonchev–Trinajstić information content (AvgIpc) is 2.39. The van der Waals surface area contributed by atoms with Crippen LogP contribution in [0.1, 0.15) is 32.6 Å². The van der Waals surface area contributed by atoms with Crippen LogP contribution < -0.4 is 5.32 Å². The van der Waals surface area contributed by atoms with Crippen molar-refractivity contribution in [1.29, 1.82) is 0 Å². The van der Waals surface area contributed by atoms with Crippen LogP contribution in [-0.4, -0.2) is 6.04 Å². The molecule has 0 aromatic heterocycles. The van der Waals surface area contributed by atoms with Crippen molar-refractivity contribution in [3.05, 3.63) is 29.1 Å². The predicted molar refractivity (Wildman–Crippen MR) is 61.3 cm³/mol. The fourth-order valence-electron chi connectivity index (χ4n) is 2.50. The molecular weight excluding hydrogens is 265 g/mol. The quantitative estimate of drug-likeness (QED) is 0.481. The molecular formula is C13H14F5N. The van der Waals surface area contributed by atoms with Gasteiger partial charge in [-0.3, -0.25) is 0 Å². The zero-order chi connectivity index (χ0) is 14.2. The molecule has 1 nitrogen and oxygen atoms in total. The van der Waals surface area contributed by atoms with Gasteiger partial charge in [0.1, 0.15) is 5.69 Å². The first kappa shape index (κ1) is 14.1. The zero-order valence-corrected chi connectivity index (χ0v) is 10.4. The number of hydrogen-bond donors (Lipinski definition) is 1. The van der Waals surface area contributed by atoms with Gasteiger partial charge in [0.05, 0.1) is 0 Å². The summed E-state index contributed by atoms with van der Waals surface area (Å²) in [6.45, 7) is 1.99. The van der Waals surface area contributed by atoms with Crippen molar-refractivity contribution in [2.24, 2.45) is 5.92 Å². The van der Waals surface area contributed by atoms with E-state index in [4.69, 9.17) is 0 Å². The smallest absolute Gasteiger partial charge is 0.200 e. The fraction of sp³-hybridized carbons (Fsp3) is 0.538. The standard InChI is InChI=1S/C13H14F5N/c1-6-3-2-4-7(5-6)19-13-11(17)9(15)8(14)10(16)12(13)18/h6-7,19H,2-5H2,1H3. The van der Waals surface area contributed by atoms with E-state index in [0.29, 0.717) is 18.8 Å². The molecule has 0 spiro atoms. The predicted octanol–water partition coefficient (Wildman–Crippen LogP) is 4.37. The van der Waals surface area contributed by atoms with Crippen molar-refractivity contribution in [3.63, 3.8) is 0 Å². The number of hydrogen-bond acceptors (Lipinski definition) is 1. The molecule has 0 bridgehead atoms. The Morgan fingerprint density at radius 2 is 1.37 bits per heavy atom. The van der Waals surface area contributed by atoms with Gasteiger partial charge in [-0.25, -0.2) is 22.0 Å². The highest BCUT2D eigenvalue weighted by molar-refractivity contribution is 5.48. The van der Waals surface area contributed by atoms with Crippen LogP contribution in [0.2, 0.25) is 0 Å². The lowest BCUT2D eigenvalue weighted by Gasteiger charge is -2.28. The zero-order valence-electron chi connectivity index (χ0n) is 10.4. The molecule has 1 fully saturated rings. The van der Waals surface area contributed by atoms with E-state index in [2.05, 4.69) is 5.32 Å². The molecule has 106 valence electrons. The minimum absolute atomic E-state index is 0.267. The Bertz CT molecular complexity index is 459. The highest BCUT2D eigenvalue weighted by Crippen LogP contribution is 2.31. The van der Waals surface area contributed by atoms with Crippen LogP contribution in [0.5, 0.6) is 0 Å². The number of halogens is 5. The summed E-state index contributed by atoms with van der Waals surface area (Å²) in [5.74, 6) is -9.18. The third-order valence-corrected chi connectivity index (χ3v) is 3.49. The Hall–Kier alpha value is -1.33. The number of nitrogens with one attached hydrogen (secondary N) is 1. The maximum atomic E-state index is 13.5. The van der Waals surface area contributed by atoms with Crippen molar-refractivity contribution >= 4 is 5.69 Å². The molecule has 2 unspecified atom stereocenters. The minimum Gasteiger partial charge on any atom is -0.377 e. The Morgan fingerprint density at radius 1 is 0.842 bits per heavy atom. The third kappa shape index (κ3) is 2.67. The van der Waals surface area contributed by atoms with Crippen LogP contribution in [0.4, 0.5) is 27.6 Å². The summed E-state index contributed by atoms with van der Waals surface area (Å²) in [6, 6.07) is -0.267. The minimum atomic E-state index is -2.13. The molecule has 2 rings (SSSR count). The van der Waals surface area contributed by atoms with Gasteiger partial charge in [0.2, 0.25) is 5.82 Å². The highest BCUT2D eigenvalue weighted by Gasteiger charge is 2.28. The highest BCUT2D eigenvalue weighted by atomic mass is 19.2. The van der Waals surface area contributed by atoms with E-state index >= 15 is 0 Å². The Kier molecular flexibility index (Phi) is 3.96. The van der Waals surface area contributed by atoms with Gasteiger partial charge in [0.15, 0.2) is 23.3 Å². The van der Waals surface area contributed by atoms with E-state index in [0.717, 1.165) is 12.8 Å². The molecule has 1 aliphatic carbocycles. The maximum absolute atomic E-state index is 13.5. The lowest BCUT2D eigenvalue weighted by Crippen LogP contribution is -2.27. The molecule has 1 aromatic rings. The van der Waals surface area contributed by atoms with Gasteiger partial charge in [0, 0.05) is 6.04 Å². The van der Waals surface area contributed by atoms with Gasteiger partial charge in [-0.1, -0.05) is 19.8 Å². The van der Waals surface area contributed by atoms with Crippen LogP contribution >= 0.6 is 0 Å². The van der Waals surface area contributed by atoms with Crippen LogP contribution in [0.15, 0.2) is 0 Å². The Labute approximate surface area is 107 Å². The largest absolute Gasteiger partial charge is 0.377 e. The maximum Gasteiger partial charge on any atom is 0.200 e. The average molecular weight is 279 g/mol. The van der Waals surface area contributed by atoms with Crippen molar-refractivity contribution < 1.29 is 22.0 Å². The van der Waals surface area contributed by atoms with Gasteiger partial charge in [-0.15, -0.1) is 0 Å². The normalized spacial score (nSPS) is 23.5. The summed E-state index contributed by atoms with van der Waals surface area (Å²) in [5.41, 5.74) is -0.921. The second-order valence-corrected chi connectivity index (χ2v) is 5.06. The SMILES string of the molecule is CC1CCCC(Nc2c(F)c(F)c(F)c(F)c2F)C1. The fourth-order valence-corrected chi connectivity index (χ4v) is 2.50. The lowest BCUT2D eigenvalue weighted by atomic mass is 9.87. The molecule has 19 heavy (non-hydrogen) atoms. The monoisotopic (exact) mass is 279 g/mol. The van der Waals surface area contributed by atoms with Crippen molar-refractivity contribution in [2.75, 3.05) is 5.32 Å². The van der Waals surface area contributed by atoms with Crippen molar-refractivity contribution in [1.82, 2.24) is 0 Å². The number of rotatable bonds is 2. The molecule has 1 aromatic carbocycles. The molecule has 2 atom stereocenters. The van der Waals surface area contributed by atoms with Gasteiger partial charge in [0.25, 0.3) is 0 Å². The van der Waals surface area contributed by atoms with E-state index in [1.165, 1.54) is 0 Å².